The minimum absolute atomic E-state index is 0.0188. The first-order valence-corrected chi connectivity index (χ1v) is 10.3. The summed E-state index contributed by atoms with van der Waals surface area (Å²) in [5, 5.41) is 0. The molecule has 0 bridgehead atoms. The van der Waals surface area contributed by atoms with Gasteiger partial charge in [-0.3, -0.25) is 14.4 Å². The summed E-state index contributed by atoms with van der Waals surface area (Å²) in [5.41, 5.74) is 2.93. The van der Waals surface area contributed by atoms with E-state index in [1.54, 1.807) is 4.90 Å². The largest absolute Gasteiger partial charge is 0.454 e. The number of benzene rings is 2. The van der Waals surface area contributed by atoms with Crippen LogP contribution in [0.4, 0.5) is 10.1 Å². The van der Waals surface area contributed by atoms with Crippen molar-refractivity contribution < 1.29 is 23.5 Å². The van der Waals surface area contributed by atoms with Crippen molar-refractivity contribution in [3.8, 4) is 0 Å². The lowest BCUT2D eigenvalue weighted by Gasteiger charge is -2.22. The molecule has 2 aromatic carbocycles. The van der Waals surface area contributed by atoms with Gasteiger partial charge in [0.25, 0.3) is 0 Å². The Labute approximate surface area is 179 Å². The van der Waals surface area contributed by atoms with E-state index in [2.05, 4.69) is 0 Å². The Morgan fingerprint density at radius 1 is 1.17 bits per heavy atom. The number of aryl methyl sites for hydroxylation is 2. The first kappa shape index (κ1) is 22.0. The van der Waals surface area contributed by atoms with Crippen molar-refractivity contribution in [1.82, 2.24) is 0 Å². The normalized spacial score (nSPS) is 17.1. The number of ether oxygens (including phenoxy) is 1. The molecule has 0 N–H and O–H groups in total. The fraction of sp³-hybridized carbons (Fsp3) is 0.348. The van der Waals surface area contributed by atoms with Gasteiger partial charge in [0.2, 0.25) is 11.7 Å². The van der Waals surface area contributed by atoms with Crippen LogP contribution in [0.1, 0.15) is 34.3 Å². The van der Waals surface area contributed by atoms with E-state index in [1.165, 1.54) is 24.3 Å². The predicted molar refractivity (Wildman–Crippen MR) is 112 cm³/mol. The average Bonchev–Trinajstić information content (AvgIpc) is 3.09. The van der Waals surface area contributed by atoms with Gasteiger partial charge in [-0.15, -0.1) is 11.6 Å². The smallest absolute Gasteiger partial charge is 0.312 e. The van der Waals surface area contributed by atoms with E-state index in [4.69, 9.17) is 16.3 Å². The number of alkyl halides is 1. The summed E-state index contributed by atoms with van der Waals surface area (Å²) in [7, 11) is 0. The number of ketones is 1. The lowest BCUT2D eigenvalue weighted by atomic mass is 10.0. The lowest BCUT2D eigenvalue weighted by Crippen LogP contribution is -2.32. The first-order valence-electron chi connectivity index (χ1n) is 9.74. The van der Waals surface area contributed by atoms with Crippen LogP contribution in [0.3, 0.4) is 0 Å². The quantitative estimate of drug-likeness (QED) is 0.374. The van der Waals surface area contributed by atoms with Crippen molar-refractivity contribution in [3.63, 3.8) is 0 Å². The van der Waals surface area contributed by atoms with Crippen LogP contribution in [0.5, 0.6) is 0 Å². The zero-order valence-corrected chi connectivity index (χ0v) is 17.6. The molecule has 0 spiro atoms. The zero-order valence-electron chi connectivity index (χ0n) is 16.9. The molecule has 158 valence electrons. The van der Waals surface area contributed by atoms with Crippen LogP contribution in [-0.4, -0.2) is 36.2 Å². The van der Waals surface area contributed by atoms with Crippen molar-refractivity contribution in [2.45, 2.75) is 32.8 Å². The minimum atomic E-state index is -1.08. The third kappa shape index (κ3) is 4.70. The topological polar surface area (TPSA) is 63.7 Å². The van der Waals surface area contributed by atoms with Gasteiger partial charge in [0.15, 0.2) is 6.10 Å². The van der Waals surface area contributed by atoms with E-state index in [0.29, 0.717) is 0 Å². The van der Waals surface area contributed by atoms with Gasteiger partial charge in [0.05, 0.1) is 5.92 Å². The molecule has 2 atom stereocenters. The second-order valence-electron chi connectivity index (χ2n) is 7.42. The Bertz CT molecular complexity index is 940. The average molecular weight is 432 g/mol. The number of anilines is 1. The molecule has 0 radical (unpaired) electrons. The van der Waals surface area contributed by atoms with Gasteiger partial charge in [-0.1, -0.05) is 18.2 Å². The summed E-state index contributed by atoms with van der Waals surface area (Å²) < 4.78 is 18.6. The molecule has 1 heterocycles. The van der Waals surface area contributed by atoms with Gasteiger partial charge in [-0.05, 0) is 49.2 Å². The number of rotatable bonds is 7. The summed E-state index contributed by atoms with van der Waals surface area (Å²) in [6, 6.07) is 10.8. The van der Waals surface area contributed by atoms with E-state index >= 15 is 0 Å². The lowest BCUT2D eigenvalue weighted by molar-refractivity contribution is -0.151. The number of nitrogens with zero attached hydrogens (tertiary/aromatic N) is 1. The maximum atomic E-state index is 13.1. The van der Waals surface area contributed by atoms with E-state index in [-0.39, 0.29) is 36.7 Å². The van der Waals surface area contributed by atoms with Crippen LogP contribution >= 0.6 is 11.6 Å². The van der Waals surface area contributed by atoms with Crippen molar-refractivity contribution >= 4 is 34.9 Å². The molecule has 7 heteroatoms. The van der Waals surface area contributed by atoms with Crippen molar-refractivity contribution in [3.05, 3.63) is 65.0 Å². The van der Waals surface area contributed by atoms with Crippen LogP contribution in [-0.2, 0) is 14.3 Å². The first-order chi connectivity index (χ1) is 14.3. The highest BCUT2D eigenvalue weighted by atomic mass is 35.5. The van der Waals surface area contributed by atoms with Crippen LogP contribution < -0.4 is 4.90 Å². The Morgan fingerprint density at radius 2 is 1.80 bits per heavy atom. The molecule has 1 saturated heterocycles. The van der Waals surface area contributed by atoms with E-state index in [9.17, 15) is 18.8 Å². The molecule has 1 fully saturated rings. The Kier molecular flexibility index (Phi) is 6.87. The van der Waals surface area contributed by atoms with Crippen LogP contribution in [0.2, 0.25) is 0 Å². The van der Waals surface area contributed by atoms with E-state index < -0.39 is 29.6 Å². The Hall–Kier alpha value is -2.73. The number of hydrogen-bond donors (Lipinski definition) is 0. The minimum Gasteiger partial charge on any atom is -0.454 e. The number of halogens is 2. The van der Waals surface area contributed by atoms with Gasteiger partial charge >= 0.3 is 5.97 Å². The molecule has 0 saturated carbocycles. The number of carbonyl (C=O) groups excluding carboxylic acids is 3. The molecule has 3 rings (SSSR count). The highest BCUT2D eigenvalue weighted by molar-refractivity contribution is 6.18. The number of esters is 1. The van der Waals surface area contributed by atoms with Gasteiger partial charge in [0, 0.05) is 36.5 Å². The highest BCUT2D eigenvalue weighted by Crippen LogP contribution is 2.31. The second kappa shape index (κ2) is 9.39. The molecular weight excluding hydrogens is 409 g/mol. The predicted octanol–water partition coefficient (Wildman–Crippen LogP) is 4.22. The maximum absolute atomic E-state index is 13.1. The summed E-state index contributed by atoms with van der Waals surface area (Å²) in [4.78, 5) is 39.7. The summed E-state index contributed by atoms with van der Waals surface area (Å²) in [5.74, 6) is -2.23. The molecular formula is C23H23ClFNO4. The van der Waals surface area contributed by atoms with Crippen LogP contribution in [0, 0.1) is 25.6 Å². The van der Waals surface area contributed by atoms with Crippen molar-refractivity contribution in [2.24, 2.45) is 5.92 Å². The van der Waals surface area contributed by atoms with Gasteiger partial charge in [0.1, 0.15) is 5.82 Å². The molecule has 2 aromatic rings. The van der Waals surface area contributed by atoms with E-state index in [0.717, 1.165) is 16.8 Å². The van der Waals surface area contributed by atoms with Gasteiger partial charge < -0.3 is 9.64 Å². The summed E-state index contributed by atoms with van der Waals surface area (Å²) in [6.45, 7) is 4.03. The number of carbonyl (C=O) groups is 3. The molecule has 30 heavy (non-hydrogen) atoms. The van der Waals surface area contributed by atoms with Gasteiger partial charge in [-0.2, -0.15) is 0 Å². The third-order valence-corrected chi connectivity index (χ3v) is 5.44. The zero-order chi connectivity index (χ0) is 21.8. The standard InChI is InChI=1S/C23H23ClFNO4/c1-14-4-3-5-15(2)21(14)26-13-17(12-20(26)27)23(29)30-19(10-11-24)22(28)16-6-8-18(25)9-7-16/h3-9,17,19H,10-13H2,1-2H3/t17-,19+/m0/s1. The fourth-order valence-corrected chi connectivity index (χ4v) is 3.89. The van der Waals surface area contributed by atoms with Crippen LogP contribution in [0.25, 0.3) is 0 Å². The van der Waals surface area contributed by atoms with Gasteiger partial charge in [-0.25, -0.2) is 4.39 Å². The van der Waals surface area contributed by atoms with Crippen molar-refractivity contribution in [1.29, 1.82) is 0 Å². The fourth-order valence-electron chi connectivity index (χ4n) is 3.69. The molecule has 1 aliphatic heterocycles. The Balaban J connectivity index is 1.73. The number of Topliss-reactive ketones (excluding diaryl/α,β-unsaturated/α-hetero) is 1. The maximum Gasteiger partial charge on any atom is 0.312 e. The molecule has 1 aliphatic rings. The molecule has 0 unspecified atom stereocenters. The summed E-state index contributed by atoms with van der Waals surface area (Å²) >= 11 is 5.79. The number of para-hydroxylation sites is 1. The molecule has 1 amide bonds. The Morgan fingerprint density at radius 3 is 2.40 bits per heavy atom. The third-order valence-electron chi connectivity index (χ3n) is 5.22. The molecule has 5 nitrogen and oxygen atoms in total. The van der Waals surface area contributed by atoms with Crippen molar-refractivity contribution in [2.75, 3.05) is 17.3 Å². The second-order valence-corrected chi connectivity index (χ2v) is 7.80. The summed E-state index contributed by atoms with van der Waals surface area (Å²) in [6.07, 6.45) is -0.930. The van der Waals surface area contributed by atoms with E-state index in [1.807, 2.05) is 32.0 Å². The highest BCUT2D eigenvalue weighted by Gasteiger charge is 2.38. The molecule has 0 aliphatic carbocycles. The SMILES string of the molecule is Cc1cccc(C)c1N1C[C@@H](C(=O)O[C@H](CCCl)C(=O)c2ccc(F)cc2)CC1=O. The number of hydrogen-bond acceptors (Lipinski definition) is 4. The molecule has 0 aromatic heterocycles. The van der Waals surface area contributed by atoms with Crippen LogP contribution in [0.15, 0.2) is 42.5 Å². The number of amides is 1. The monoisotopic (exact) mass is 431 g/mol.